The molecular weight excluding hydrogens is 970 g/mol. The first kappa shape index (κ1) is 49.0. The summed E-state index contributed by atoms with van der Waals surface area (Å²) in [7, 11) is 1.86. The second kappa shape index (κ2) is 20.6. The molecule has 6 heterocycles. The zero-order valence-corrected chi connectivity index (χ0v) is 41.9. The van der Waals surface area contributed by atoms with Crippen molar-refractivity contribution in [3.63, 3.8) is 0 Å². The molecule has 0 atom stereocenters. The Morgan fingerprint density at radius 2 is 1.68 bits per heavy atom. The third kappa shape index (κ3) is 10.2. The fourth-order valence-electron chi connectivity index (χ4n) is 11.2. The number of piperazine rings is 1. The van der Waals surface area contributed by atoms with Crippen molar-refractivity contribution in [2.24, 2.45) is 13.0 Å². The number of aryl methyl sites for hydroxylation is 1. The number of halogens is 3. The summed E-state index contributed by atoms with van der Waals surface area (Å²) in [5.74, 6) is -0.615. The maximum atomic E-state index is 15.2. The fraction of sp³-hybridized carbons (Fsp3) is 0.382. The second-order valence-electron chi connectivity index (χ2n) is 19.7. The summed E-state index contributed by atoms with van der Waals surface area (Å²) >= 11 is 1.59. The molecule has 3 amide bonds. The number of carbonyl (C=O) groups excluding carboxylic acids is 2. The summed E-state index contributed by atoms with van der Waals surface area (Å²) in [5, 5.41) is 22.6. The minimum Gasteiger partial charge on any atom is -0.490 e. The van der Waals surface area contributed by atoms with Gasteiger partial charge in [-0.25, -0.2) is 19.6 Å². The number of ether oxygens (including phenoxy) is 1. The van der Waals surface area contributed by atoms with Crippen molar-refractivity contribution >= 4 is 72.8 Å². The van der Waals surface area contributed by atoms with Crippen LogP contribution >= 0.6 is 11.3 Å². The standard InChI is InChI=1S/C55H57F3N10O5S/c1-64-44-31-37(16-19-41(44)51(63-64)68-26-23-48(69)62-54(68)72)66-29-27-65(28-30-66)24-6-7-34-14-17-38(18-15-34)73-45-12-5-10-39(49(45)55(56,57)58)40-20-21-47(61-50(40)52(70)71)67-25-22-35-8-4-9-36(42(35)33-67)32-59-53-60-43-11-2-3-13-46(43)74-53/h2-5,8-13,16,19-21,31,34,38H,6-7,14-15,17-18,22-30,32-33H2,1H3,(H,59,60)(H,70,71)(H,62,69,72). The number of thiazole rings is 1. The van der Waals surface area contributed by atoms with Crippen LogP contribution < -0.4 is 30.1 Å². The fourth-order valence-corrected chi connectivity index (χ4v) is 12.1. The van der Waals surface area contributed by atoms with E-state index in [2.05, 4.69) is 54.8 Å². The van der Waals surface area contributed by atoms with Gasteiger partial charge in [-0.05, 0) is 123 Å². The van der Waals surface area contributed by atoms with Gasteiger partial charge in [0.05, 0.1) is 21.8 Å². The lowest BCUT2D eigenvalue weighted by molar-refractivity contribution is -0.139. The van der Waals surface area contributed by atoms with Gasteiger partial charge < -0.3 is 25.0 Å². The first-order chi connectivity index (χ1) is 35.8. The zero-order valence-electron chi connectivity index (χ0n) is 41.0. The number of amides is 3. The lowest BCUT2D eigenvalue weighted by Crippen LogP contribution is -2.49. The van der Waals surface area contributed by atoms with Crippen LogP contribution in [0.15, 0.2) is 91.0 Å². The number of hydrogen-bond donors (Lipinski definition) is 3. The molecule has 4 aromatic carbocycles. The first-order valence-electron chi connectivity index (χ1n) is 25.4. The molecule has 0 radical (unpaired) electrons. The number of urea groups is 1. The van der Waals surface area contributed by atoms with E-state index in [9.17, 15) is 19.5 Å². The van der Waals surface area contributed by atoms with Crippen LogP contribution in [-0.4, -0.2) is 99.6 Å². The number of rotatable bonds is 14. The average Bonchev–Trinajstić information content (AvgIpc) is 3.97. The third-order valence-electron chi connectivity index (χ3n) is 15.1. The van der Waals surface area contributed by atoms with Gasteiger partial charge in [-0.2, -0.15) is 18.3 Å². The quantitative estimate of drug-likeness (QED) is 0.0947. The molecule has 1 aliphatic carbocycles. The Bertz CT molecular complexity index is 3220. The Hall–Kier alpha value is -7.25. The minimum absolute atomic E-state index is 0.117. The molecule has 3 N–H and O–H groups in total. The second-order valence-corrected chi connectivity index (χ2v) is 20.8. The molecule has 384 valence electrons. The maximum absolute atomic E-state index is 15.2. The number of carbonyl (C=O) groups is 3. The number of pyridine rings is 1. The number of alkyl halides is 3. The van der Waals surface area contributed by atoms with Crippen molar-refractivity contribution in [2.75, 3.05) is 65.8 Å². The number of imide groups is 1. The number of aromatic carboxylic acids is 1. The number of para-hydroxylation sites is 1. The minimum atomic E-state index is -4.83. The first-order valence-corrected chi connectivity index (χ1v) is 26.3. The van der Waals surface area contributed by atoms with Crippen molar-refractivity contribution < 1.29 is 37.4 Å². The van der Waals surface area contributed by atoms with Gasteiger partial charge in [0, 0.05) is 88.0 Å². The van der Waals surface area contributed by atoms with E-state index >= 15 is 13.2 Å². The van der Waals surface area contributed by atoms with E-state index in [0.29, 0.717) is 56.5 Å². The Labute approximate surface area is 429 Å². The molecule has 3 fully saturated rings. The Balaban J connectivity index is 0.687. The summed E-state index contributed by atoms with van der Waals surface area (Å²) in [6.07, 6.45) is 0.743. The van der Waals surface area contributed by atoms with Crippen molar-refractivity contribution in [3.05, 3.63) is 119 Å². The number of benzene rings is 4. The predicted octanol–water partition coefficient (Wildman–Crippen LogP) is 10.1. The molecule has 7 aromatic rings. The number of nitrogens with one attached hydrogen (secondary N) is 2. The van der Waals surface area contributed by atoms with Crippen LogP contribution in [-0.2, 0) is 37.5 Å². The van der Waals surface area contributed by atoms with Gasteiger partial charge in [-0.1, -0.05) is 53.8 Å². The summed E-state index contributed by atoms with van der Waals surface area (Å²) in [6, 6.07) is 27.1. The number of hydrogen-bond acceptors (Lipinski definition) is 12. The van der Waals surface area contributed by atoms with Gasteiger partial charge >= 0.3 is 18.2 Å². The van der Waals surface area contributed by atoms with Crippen molar-refractivity contribution in [3.8, 4) is 16.9 Å². The number of carboxylic acid groups (broad SMARTS) is 1. The lowest BCUT2D eigenvalue weighted by atomic mass is 9.84. The molecule has 0 bridgehead atoms. The van der Waals surface area contributed by atoms with Crippen LogP contribution in [0.25, 0.3) is 32.2 Å². The molecule has 0 unspecified atom stereocenters. The number of aromatic nitrogens is 4. The highest BCUT2D eigenvalue weighted by atomic mass is 32.1. The Kier molecular flexibility index (Phi) is 13.6. The molecule has 2 saturated heterocycles. The molecule has 3 aliphatic heterocycles. The topological polar surface area (TPSA) is 161 Å². The summed E-state index contributed by atoms with van der Waals surface area (Å²) in [4.78, 5) is 54.7. The lowest BCUT2D eigenvalue weighted by Gasteiger charge is -2.36. The van der Waals surface area contributed by atoms with Gasteiger partial charge in [0.1, 0.15) is 17.1 Å². The third-order valence-corrected chi connectivity index (χ3v) is 16.1. The molecule has 1 saturated carbocycles. The van der Waals surface area contributed by atoms with E-state index < -0.39 is 35.5 Å². The molecule has 19 heteroatoms. The summed E-state index contributed by atoms with van der Waals surface area (Å²) < 4.78 is 54.6. The van der Waals surface area contributed by atoms with Gasteiger partial charge in [0.25, 0.3) is 0 Å². The SMILES string of the molecule is Cn1nc(N2CCC(=O)NC2=O)c2ccc(N3CCN(CCCC4CCC(Oc5cccc(-c6ccc(N7CCc8cccc(CNc9nc%10ccccc%10s9)c8C7)nc6C(=O)O)c5C(F)(F)F)CC4)CC3)cc21. The van der Waals surface area contributed by atoms with Crippen LogP contribution in [0.1, 0.15) is 77.7 Å². The van der Waals surface area contributed by atoms with Crippen molar-refractivity contribution in [1.82, 2.24) is 30.0 Å². The highest BCUT2D eigenvalue weighted by Crippen LogP contribution is 2.45. The maximum Gasteiger partial charge on any atom is 0.420 e. The molecule has 11 rings (SSSR count). The Morgan fingerprint density at radius 1 is 0.865 bits per heavy atom. The number of fused-ring (bicyclic) bond motifs is 3. The number of anilines is 4. The smallest absolute Gasteiger partial charge is 0.420 e. The highest BCUT2D eigenvalue weighted by molar-refractivity contribution is 7.22. The summed E-state index contributed by atoms with van der Waals surface area (Å²) in [6.45, 7) is 6.42. The van der Waals surface area contributed by atoms with Gasteiger partial charge in [-0.15, -0.1) is 0 Å². The molecular formula is C55H57F3N10O5S. The predicted molar refractivity (Wildman–Crippen MR) is 280 cm³/mol. The molecule has 4 aliphatic rings. The van der Waals surface area contributed by atoms with E-state index in [1.807, 2.05) is 48.3 Å². The number of nitrogens with zero attached hydrogens (tertiary/aromatic N) is 8. The molecule has 15 nitrogen and oxygen atoms in total. The molecule has 0 spiro atoms. The summed E-state index contributed by atoms with van der Waals surface area (Å²) in [5.41, 5.74) is 4.46. The Morgan fingerprint density at radius 3 is 2.46 bits per heavy atom. The van der Waals surface area contributed by atoms with Crippen LogP contribution in [0.2, 0.25) is 0 Å². The highest BCUT2D eigenvalue weighted by Gasteiger charge is 2.40. The molecule has 74 heavy (non-hydrogen) atoms. The van der Waals surface area contributed by atoms with Crippen molar-refractivity contribution in [2.45, 2.75) is 76.7 Å². The van der Waals surface area contributed by atoms with Crippen LogP contribution in [0.3, 0.4) is 0 Å². The van der Waals surface area contributed by atoms with E-state index in [-0.39, 0.29) is 35.7 Å². The molecule has 3 aromatic heterocycles. The van der Waals surface area contributed by atoms with Gasteiger partial charge in [0.15, 0.2) is 16.6 Å². The van der Waals surface area contributed by atoms with Crippen molar-refractivity contribution in [1.29, 1.82) is 0 Å². The normalized spacial score (nSPS) is 18.7. The van der Waals surface area contributed by atoms with E-state index in [0.717, 1.165) is 101 Å². The van der Waals surface area contributed by atoms with E-state index in [1.54, 1.807) is 22.1 Å². The number of carboxylic acids is 1. The van der Waals surface area contributed by atoms with E-state index in [1.165, 1.54) is 34.7 Å². The zero-order chi connectivity index (χ0) is 51.1. The van der Waals surface area contributed by atoms with Gasteiger partial charge in [-0.3, -0.25) is 24.6 Å². The van der Waals surface area contributed by atoms with Crippen LogP contribution in [0, 0.1) is 5.92 Å². The van der Waals surface area contributed by atoms with Crippen LogP contribution in [0.5, 0.6) is 5.75 Å². The van der Waals surface area contributed by atoms with Gasteiger partial charge in [0.2, 0.25) is 5.91 Å². The average molecular weight is 1030 g/mol. The monoisotopic (exact) mass is 1030 g/mol. The largest absolute Gasteiger partial charge is 0.490 e. The van der Waals surface area contributed by atoms with Crippen LogP contribution in [0.4, 0.5) is 40.4 Å². The van der Waals surface area contributed by atoms with E-state index in [4.69, 9.17) is 9.72 Å².